The van der Waals surface area contributed by atoms with Crippen LogP contribution in [0.15, 0.2) is 52.8 Å². The van der Waals surface area contributed by atoms with Crippen LogP contribution in [0.3, 0.4) is 0 Å². The molecule has 0 bridgehead atoms. The summed E-state index contributed by atoms with van der Waals surface area (Å²) >= 11 is 0. The molecule has 24 heavy (non-hydrogen) atoms. The lowest BCUT2D eigenvalue weighted by atomic mass is 10.1. The summed E-state index contributed by atoms with van der Waals surface area (Å²) in [6.45, 7) is 12.9. The number of nitrogens with one attached hydrogen (secondary N) is 1. The van der Waals surface area contributed by atoms with Gasteiger partial charge in [0.1, 0.15) is 17.1 Å². The van der Waals surface area contributed by atoms with Crippen LogP contribution >= 0.6 is 0 Å². The molecule has 0 saturated carbocycles. The third kappa shape index (κ3) is 4.50. The zero-order chi connectivity index (χ0) is 17.7. The molecule has 0 saturated heterocycles. The molecule has 1 N–H and O–H groups in total. The number of allylic oxidation sites excluding steroid dienone is 4. The maximum Gasteiger partial charge on any atom is 0.407 e. The Labute approximate surface area is 142 Å². The molecule has 0 aromatic heterocycles. The Bertz CT molecular complexity index is 623. The van der Waals surface area contributed by atoms with E-state index in [1.807, 2.05) is 12.2 Å². The highest BCUT2D eigenvalue weighted by Crippen LogP contribution is 2.31. The Kier molecular flexibility index (Phi) is 5.49. The number of carbonyl (C=O) groups excluding carboxylic acids is 1. The fraction of sp³-hybridized carbons (Fsp3) is 0.444. The number of carbonyl (C=O) groups is 1. The number of alkyl carbamates (subject to hydrolysis) is 1. The second-order valence-corrected chi connectivity index (χ2v) is 6.43. The number of rotatable bonds is 4. The van der Waals surface area contributed by atoms with Crippen LogP contribution in [-0.4, -0.2) is 31.1 Å². The molecule has 1 aliphatic carbocycles. The predicted molar refractivity (Wildman–Crippen MR) is 92.4 cm³/mol. The van der Waals surface area contributed by atoms with Gasteiger partial charge in [0.05, 0.1) is 6.54 Å². The lowest BCUT2D eigenvalue weighted by Gasteiger charge is -2.22. The van der Waals surface area contributed by atoms with Crippen LogP contribution in [0, 0.1) is 0 Å². The molecule has 1 aliphatic heterocycles. The summed E-state index contributed by atoms with van der Waals surface area (Å²) < 4.78 is 17.1. The van der Waals surface area contributed by atoms with E-state index in [1.165, 1.54) is 0 Å². The third-order valence-electron chi connectivity index (χ3n) is 3.33. The fourth-order valence-corrected chi connectivity index (χ4v) is 2.33. The van der Waals surface area contributed by atoms with E-state index in [2.05, 4.69) is 23.6 Å². The molecular weight excluding hydrogens is 308 g/mol. The quantitative estimate of drug-likeness (QED) is 0.799. The number of amides is 1. The number of nitrogens with zero attached hydrogens (tertiary/aromatic N) is 1. The molecule has 2 rings (SSSR count). The summed E-state index contributed by atoms with van der Waals surface area (Å²) in [4.78, 5) is 15.9. The van der Waals surface area contributed by atoms with Gasteiger partial charge < -0.3 is 19.5 Å². The Morgan fingerprint density at radius 3 is 2.92 bits per heavy atom. The van der Waals surface area contributed by atoms with Gasteiger partial charge in [-0.25, -0.2) is 4.79 Å². The Hall–Kier alpha value is -2.50. The van der Waals surface area contributed by atoms with Gasteiger partial charge in [-0.15, -0.1) is 0 Å². The highest BCUT2D eigenvalue weighted by Gasteiger charge is 2.28. The zero-order valence-electron chi connectivity index (χ0n) is 14.4. The van der Waals surface area contributed by atoms with Crippen molar-refractivity contribution in [3.8, 4) is 0 Å². The van der Waals surface area contributed by atoms with Crippen molar-refractivity contribution in [1.29, 1.82) is 0 Å². The van der Waals surface area contributed by atoms with E-state index >= 15 is 0 Å². The smallest absolute Gasteiger partial charge is 0.407 e. The van der Waals surface area contributed by atoms with Crippen molar-refractivity contribution in [2.75, 3.05) is 6.54 Å². The van der Waals surface area contributed by atoms with Crippen molar-refractivity contribution in [3.63, 3.8) is 0 Å². The standard InChI is InChI=1S/C18H24N2O4/c1-6-12-16(19-5)15(11-20-17(21)24-18(2,3)4)23-14-10-8-7-9-13(14)22-12/h6,8,10,15H,1,5,7,9,11H2,2-4H3,(H,20,21). The molecule has 6 nitrogen and oxygen atoms in total. The molecule has 0 aromatic rings. The van der Waals surface area contributed by atoms with Crippen LogP contribution in [0.2, 0.25) is 0 Å². The number of aliphatic imine (C=N–C) groups is 1. The minimum atomic E-state index is -0.569. The molecule has 130 valence electrons. The zero-order valence-corrected chi connectivity index (χ0v) is 14.4. The van der Waals surface area contributed by atoms with Crippen molar-refractivity contribution >= 4 is 12.8 Å². The van der Waals surface area contributed by atoms with E-state index < -0.39 is 17.8 Å². The number of ether oxygens (including phenoxy) is 3. The first-order valence-corrected chi connectivity index (χ1v) is 7.88. The van der Waals surface area contributed by atoms with Gasteiger partial charge in [-0.1, -0.05) is 12.7 Å². The molecule has 1 unspecified atom stereocenters. The van der Waals surface area contributed by atoms with Gasteiger partial charge in [0.25, 0.3) is 0 Å². The lowest BCUT2D eigenvalue weighted by molar-refractivity contribution is 0.0491. The first-order chi connectivity index (χ1) is 11.3. The van der Waals surface area contributed by atoms with Crippen LogP contribution < -0.4 is 5.32 Å². The average Bonchev–Trinajstić information content (AvgIpc) is 2.66. The summed E-state index contributed by atoms with van der Waals surface area (Å²) in [5.74, 6) is 1.85. The SMILES string of the molecule is C=CC1=C(N=C)C(CNC(=O)OC(C)(C)C)OC2=C(CCC=C2)O1. The first kappa shape index (κ1) is 17.8. The summed E-state index contributed by atoms with van der Waals surface area (Å²) in [7, 11) is 0. The molecule has 1 atom stereocenters. The van der Waals surface area contributed by atoms with Crippen molar-refractivity contribution < 1.29 is 19.0 Å². The highest BCUT2D eigenvalue weighted by atomic mass is 16.6. The Morgan fingerprint density at radius 2 is 2.29 bits per heavy atom. The second kappa shape index (κ2) is 7.38. The maximum atomic E-state index is 11.9. The van der Waals surface area contributed by atoms with Gasteiger partial charge in [-0.05, 0) is 46.1 Å². The van der Waals surface area contributed by atoms with E-state index in [0.29, 0.717) is 17.2 Å². The second-order valence-electron chi connectivity index (χ2n) is 6.43. The summed E-state index contributed by atoms with van der Waals surface area (Å²) in [6.07, 6.45) is 6.00. The minimum Gasteiger partial charge on any atom is -0.479 e. The lowest BCUT2D eigenvalue weighted by Crippen LogP contribution is -2.38. The summed E-state index contributed by atoms with van der Waals surface area (Å²) in [5.41, 5.74) is -0.0788. The summed E-state index contributed by atoms with van der Waals surface area (Å²) in [5, 5.41) is 2.70. The van der Waals surface area contributed by atoms with E-state index in [0.717, 1.165) is 18.6 Å². The molecule has 2 aliphatic rings. The molecule has 1 heterocycles. The van der Waals surface area contributed by atoms with Gasteiger partial charge >= 0.3 is 6.09 Å². The monoisotopic (exact) mass is 332 g/mol. The van der Waals surface area contributed by atoms with Crippen LogP contribution in [0.1, 0.15) is 33.6 Å². The molecule has 1 amide bonds. The fourth-order valence-electron chi connectivity index (χ4n) is 2.33. The van der Waals surface area contributed by atoms with Crippen LogP contribution in [0.25, 0.3) is 0 Å². The molecule has 0 fully saturated rings. The number of hydrogen-bond donors (Lipinski definition) is 1. The van der Waals surface area contributed by atoms with Crippen LogP contribution in [0.5, 0.6) is 0 Å². The van der Waals surface area contributed by atoms with E-state index in [1.54, 1.807) is 26.8 Å². The first-order valence-electron chi connectivity index (χ1n) is 7.88. The van der Waals surface area contributed by atoms with Gasteiger partial charge in [0, 0.05) is 6.42 Å². The minimum absolute atomic E-state index is 0.175. The third-order valence-corrected chi connectivity index (χ3v) is 3.33. The molecular formula is C18H24N2O4. The summed E-state index contributed by atoms with van der Waals surface area (Å²) in [6, 6.07) is 0. The van der Waals surface area contributed by atoms with Crippen molar-refractivity contribution in [3.05, 3.63) is 47.8 Å². The topological polar surface area (TPSA) is 69.2 Å². The van der Waals surface area contributed by atoms with E-state index in [-0.39, 0.29) is 6.54 Å². The van der Waals surface area contributed by atoms with Crippen molar-refractivity contribution in [1.82, 2.24) is 5.32 Å². The molecule has 0 aromatic carbocycles. The van der Waals surface area contributed by atoms with Crippen molar-refractivity contribution in [2.45, 2.75) is 45.3 Å². The van der Waals surface area contributed by atoms with Gasteiger partial charge in [0.2, 0.25) is 0 Å². The number of hydrogen-bond acceptors (Lipinski definition) is 5. The molecule has 0 radical (unpaired) electrons. The van der Waals surface area contributed by atoms with E-state index in [4.69, 9.17) is 14.2 Å². The predicted octanol–water partition coefficient (Wildman–Crippen LogP) is 3.59. The van der Waals surface area contributed by atoms with Gasteiger partial charge in [-0.2, -0.15) is 0 Å². The average molecular weight is 332 g/mol. The maximum absolute atomic E-state index is 11.9. The van der Waals surface area contributed by atoms with E-state index in [9.17, 15) is 4.79 Å². The Balaban J connectivity index is 2.17. The normalized spacial score (nSPS) is 20.4. The Morgan fingerprint density at radius 1 is 1.54 bits per heavy atom. The van der Waals surface area contributed by atoms with Gasteiger partial charge in [-0.3, -0.25) is 4.99 Å². The molecule has 0 spiro atoms. The highest BCUT2D eigenvalue weighted by molar-refractivity contribution is 5.67. The van der Waals surface area contributed by atoms with Gasteiger partial charge in [0.15, 0.2) is 17.6 Å². The van der Waals surface area contributed by atoms with Crippen LogP contribution in [0.4, 0.5) is 4.79 Å². The molecule has 6 heteroatoms. The largest absolute Gasteiger partial charge is 0.479 e. The van der Waals surface area contributed by atoms with Crippen LogP contribution in [-0.2, 0) is 14.2 Å². The van der Waals surface area contributed by atoms with Crippen molar-refractivity contribution in [2.24, 2.45) is 4.99 Å².